The van der Waals surface area contributed by atoms with E-state index in [1.165, 1.54) is 6.07 Å². The van der Waals surface area contributed by atoms with E-state index in [0.29, 0.717) is 17.9 Å². The maximum absolute atomic E-state index is 13.9. The number of amides is 1. The van der Waals surface area contributed by atoms with E-state index in [4.69, 9.17) is 0 Å². The monoisotopic (exact) mass is 342 g/mol. The van der Waals surface area contributed by atoms with E-state index >= 15 is 0 Å². The van der Waals surface area contributed by atoms with E-state index in [1.54, 1.807) is 18.3 Å². The van der Waals surface area contributed by atoms with E-state index in [1.807, 2.05) is 25.1 Å². The third-order valence-corrected chi connectivity index (χ3v) is 4.35. The van der Waals surface area contributed by atoms with Crippen molar-refractivity contribution in [1.29, 1.82) is 0 Å². The Morgan fingerprint density at radius 2 is 1.84 bits per heavy atom. The molecule has 0 atom stereocenters. The number of nitrogens with zero attached hydrogens (tertiary/aromatic N) is 3. The van der Waals surface area contributed by atoms with E-state index < -0.39 is 0 Å². The third-order valence-electron chi connectivity index (χ3n) is 4.35. The van der Waals surface area contributed by atoms with Crippen molar-refractivity contribution in [3.63, 3.8) is 0 Å². The summed E-state index contributed by atoms with van der Waals surface area (Å²) < 4.78 is 13.9. The summed E-state index contributed by atoms with van der Waals surface area (Å²) in [4.78, 5) is 20.4. The first-order valence-electron chi connectivity index (χ1n) is 8.67. The second kappa shape index (κ2) is 7.96. The Morgan fingerprint density at radius 1 is 1.12 bits per heavy atom. The fraction of sp³-hybridized carbons (Fsp3) is 0.368. The molecule has 6 heteroatoms. The molecule has 25 heavy (non-hydrogen) atoms. The van der Waals surface area contributed by atoms with E-state index in [9.17, 15) is 9.18 Å². The van der Waals surface area contributed by atoms with Crippen LogP contribution in [0.3, 0.4) is 0 Å². The van der Waals surface area contributed by atoms with Crippen molar-refractivity contribution in [2.75, 3.05) is 42.5 Å². The molecule has 0 saturated carbocycles. The van der Waals surface area contributed by atoms with Crippen molar-refractivity contribution in [2.24, 2.45) is 0 Å². The predicted molar refractivity (Wildman–Crippen MR) is 97.7 cm³/mol. The normalized spacial score (nSPS) is 14.5. The Labute approximate surface area is 147 Å². The number of anilines is 2. The van der Waals surface area contributed by atoms with Crippen molar-refractivity contribution in [2.45, 2.75) is 13.3 Å². The van der Waals surface area contributed by atoms with Gasteiger partial charge in [0.2, 0.25) is 0 Å². The number of hydrogen-bond acceptors (Lipinski definition) is 4. The zero-order valence-corrected chi connectivity index (χ0v) is 14.4. The highest BCUT2D eigenvalue weighted by Crippen LogP contribution is 2.22. The molecule has 132 valence electrons. The summed E-state index contributed by atoms with van der Waals surface area (Å²) in [5.74, 6) is -0.321. The molecule has 0 unspecified atom stereocenters. The minimum absolute atomic E-state index is 0.141. The van der Waals surface area contributed by atoms with Crippen LogP contribution in [0, 0.1) is 5.82 Å². The quantitative estimate of drug-likeness (QED) is 0.908. The van der Waals surface area contributed by atoms with Crippen LogP contribution < -0.4 is 15.1 Å². The van der Waals surface area contributed by atoms with Crippen LogP contribution in [0.5, 0.6) is 0 Å². The predicted octanol–water partition coefficient (Wildman–Crippen LogP) is 2.69. The first kappa shape index (κ1) is 17.2. The summed E-state index contributed by atoms with van der Waals surface area (Å²) in [6, 6.07) is 10.6. The van der Waals surface area contributed by atoms with Crippen LogP contribution >= 0.6 is 0 Å². The number of aromatic nitrogens is 1. The Morgan fingerprint density at radius 3 is 2.48 bits per heavy atom. The van der Waals surface area contributed by atoms with Gasteiger partial charge in [-0.15, -0.1) is 0 Å². The lowest BCUT2D eigenvalue weighted by Gasteiger charge is -2.37. The van der Waals surface area contributed by atoms with Gasteiger partial charge in [0, 0.05) is 32.7 Å². The standard InChI is InChI=1S/C19H23FN4O/c1-2-9-21-19(25)17-8-7-15(14-22-17)23-10-12-24(13-11-23)18-6-4-3-5-16(18)20/h3-8,14H,2,9-13H2,1H3,(H,21,25). The molecule has 2 heterocycles. The molecular weight excluding hydrogens is 319 g/mol. The molecule has 3 rings (SSSR count). The maximum atomic E-state index is 13.9. The van der Waals surface area contributed by atoms with Gasteiger partial charge >= 0.3 is 0 Å². The van der Waals surface area contributed by atoms with Gasteiger partial charge in [0.05, 0.1) is 17.6 Å². The molecule has 0 aliphatic carbocycles. The van der Waals surface area contributed by atoms with Crippen LogP contribution in [0.25, 0.3) is 0 Å². The second-order valence-electron chi connectivity index (χ2n) is 6.08. The number of piperazine rings is 1. The van der Waals surface area contributed by atoms with E-state index in [2.05, 4.69) is 20.1 Å². The number of benzene rings is 1. The zero-order chi connectivity index (χ0) is 17.6. The molecule has 1 N–H and O–H groups in total. The highest BCUT2D eigenvalue weighted by Gasteiger charge is 2.20. The first-order chi connectivity index (χ1) is 12.2. The Bertz CT molecular complexity index is 712. The highest BCUT2D eigenvalue weighted by molar-refractivity contribution is 5.92. The van der Waals surface area contributed by atoms with Gasteiger partial charge in [-0.05, 0) is 30.7 Å². The van der Waals surface area contributed by atoms with Crippen molar-refractivity contribution in [3.05, 3.63) is 54.1 Å². The van der Waals surface area contributed by atoms with Gasteiger partial charge in [0.1, 0.15) is 11.5 Å². The van der Waals surface area contributed by atoms with Crippen molar-refractivity contribution in [1.82, 2.24) is 10.3 Å². The maximum Gasteiger partial charge on any atom is 0.269 e. The lowest BCUT2D eigenvalue weighted by Crippen LogP contribution is -2.46. The lowest BCUT2D eigenvalue weighted by atomic mass is 10.2. The Hall–Kier alpha value is -2.63. The van der Waals surface area contributed by atoms with Gasteiger partial charge in [0.15, 0.2) is 0 Å². The molecule has 1 amide bonds. The number of hydrogen-bond donors (Lipinski definition) is 1. The number of carbonyl (C=O) groups excluding carboxylic acids is 1. The van der Waals surface area contributed by atoms with Gasteiger partial charge in [0.25, 0.3) is 5.91 Å². The second-order valence-corrected chi connectivity index (χ2v) is 6.08. The van der Waals surface area contributed by atoms with Gasteiger partial charge in [-0.3, -0.25) is 4.79 Å². The Balaban J connectivity index is 1.59. The molecule has 2 aromatic rings. The first-order valence-corrected chi connectivity index (χ1v) is 8.67. The number of nitrogens with one attached hydrogen (secondary N) is 1. The van der Waals surface area contributed by atoms with Crippen molar-refractivity contribution < 1.29 is 9.18 Å². The molecule has 5 nitrogen and oxygen atoms in total. The van der Waals surface area contributed by atoms with Crippen molar-refractivity contribution in [3.8, 4) is 0 Å². The number of carbonyl (C=O) groups is 1. The molecule has 1 aliphatic rings. The summed E-state index contributed by atoms with van der Waals surface area (Å²) in [6.45, 7) is 5.74. The largest absolute Gasteiger partial charge is 0.367 e. The Kier molecular flexibility index (Phi) is 5.48. The molecular formula is C19H23FN4O. The molecule has 0 bridgehead atoms. The molecule has 0 spiro atoms. The SMILES string of the molecule is CCCNC(=O)c1ccc(N2CCN(c3ccccc3F)CC2)cn1. The molecule has 0 radical (unpaired) electrons. The number of para-hydroxylation sites is 1. The van der Waals surface area contributed by atoms with Gasteiger partial charge < -0.3 is 15.1 Å². The lowest BCUT2D eigenvalue weighted by molar-refractivity contribution is 0.0948. The molecule has 1 fully saturated rings. The minimum Gasteiger partial charge on any atom is -0.367 e. The van der Waals surface area contributed by atoms with Crippen LogP contribution in [-0.2, 0) is 0 Å². The van der Waals surface area contributed by atoms with Crippen LogP contribution in [-0.4, -0.2) is 43.6 Å². The molecule has 1 aromatic heterocycles. The third kappa shape index (κ3) is 4.07. The number of rotatable bonds is 5. The average Bonchev–Trinajstić information content (AvgIpc) is 2.67. The summed E-state index contributed by atoms with van der Waals surface area (Å²) in [5.41, 5.74) is 2.07. The topological polar surface area (TPSA) is 48.5 Å². The van der Waals surface area contributed by atoms with Crippen LogP contribution in [0.1, 0.15) is 23.8 Å². The van der Waals surface area contributed by atoms with Crippen LogP contribution in [0.15, 0.2) is 42.6 Å². The van der Waals surface area contributed by atoms with E-state index in [0.717, 1.165) is 38.3 Å². The van der Waals surface area contributed by atoms with E-state index in [-0.39, 0.29) is 11.7 Å². The number of pyridine rings is 1. The van der Waals surface area contributed by atoms with Gasteiger partial charge in [-0.1, -0.05) is 19.1 Å². The fourth-order valence-electron chi connectivity index (χ4n) is 2.95. The zero-order valence-electron chi connectivity index (χ0n) is 14.4. The molecule has 1 saturated heterocycles. The molecule has 1 aliphatic heterocycles. The fourth-order valence-corrected chi connectivity index (χ4v) is 2.95. The van der Waals surface area contributed by atoms with Gasteiger partial charge in [-0.25, -0.2) is 9.37 Å². The van der Waals surface area contributed by atoms with Gasteiger partial charge in [-0.2, -0.15) is 0 Å². The van der Waals surface area contributed by atoms with Crippen molar-refractivity contribution >= 4 is 17.3 Å². The van der Waals surface area contributed by atoms with Crippen LogP contribution in [0.2, 0.25) is 0 Å². The summed E-state index contributed by atoms with van der Waals surface area (Å²) >= 11 is 0. The summed E-state index contributed by atoms with van der Waals surface area (Å²) in [5, 5.41) is 2.82. The number of halogens is 1. The minimum atomic E-state index is -0.180. The van der Waals surface area contributed by atoms with Crippen LogP contribution in [0.4, 0.5) is 15.8 Å². The highest BCUT2D eigenvalue weighted by atomic mass is 19.1. The smallest absolute Gasteiger partial charge is 0.269 e. The summed E-state index contributed by atoms with van der Waals surface area (Å²) in [6.07, 6.45) is 2.63. The average molecular weight is 342 g/mol. The summed E-state index contributed by atoms with van der Waals surface area (Å²) in [7, 11) is 0. The molecule has 1 aromatic carbocycles.